The molecular formula is C13H24N2O3. The van der Waals surface area contributed by atoms with Crippen LogP contribution in [0.4, 0.5) is 0 Å². The van der Waals surface area contributed by atoms with Crippen molar-refractivity contribution in [2.24, 2.45) is 11.8 Å². The molecule has 0 aliphatic carbocycles. The van der Waals surface area contributed by atoms with Gasteiger partial charge >= 0.3 is 5.97 Å². The highest BCUT2D eigenvalue weighted by Crippen LogP contribution is 2.18. The molecule has 18 heavy (non-hydrogen) atoms. The molecule has 1 heterocycles. The minimum absolute atomic E-state index is 0.299. The van der Waals surface area contributed by atoms with Crippen molar-refractivity contribution < 1.29 is 14.7 Å². The average Bonchev–Trinajstić information content (AvgIpc) is 2.34. The minimum atomic E-state index is -1.05. The predicted octanol–water partition coefficient (Wildman–Crippen LogP) is 0.897. The summed E-state index contributed by atoms with van der Waals surface area (Å²) in [6.45, 7) is 4.32. The second-order valence-electron chi connectivity index (χ2n) is 5.38. The van der Waals surface area contributed by atoms with E-state index < -0.39 is 11.9 Å². The number of aliphatic carboxylic acids is 1. The average molecular weight is 256 g/mol. The van der Waals surface area contributed by atoms with Crippen LogP contribution < -0.4 is 0 Å². The Bertz CT molecular complexity index is 307. The molecule has 0 radical (unpaired) electrons. The zero-order valence-electron chi connectivity index (χ0n) is 11.6. The highest BCUT2D eigenvalue weighted by Gasteiger charge is 2.25. The second-order valence-corrected chi connectivity index (χ2v) is 5.38. The van der Waals surface area contributed by atoms with Gasteiger partial charge in [-0.2, -0.15) is 0 Å². The highest BCUT2D eigenvalue weighted by atomic mass is 16.4. The highest BCUT2D eigenvalue weighted by molar-refractivity contribution is 5.96. The van der Waals surface area contributed by atoms with E-state index in [0.29, 0.717) is 12.5 Å². The smallest absolute Gasteiger partial charge is 0.315 e. The van der Waals surface area contributed by atoms with Crippen molar-refractivity contribution >= 4 is 11.9 Å². The predicted molar refractivity (Wildman–Crippen MR) is 69.3 cm³/mol. The maximum atomic E-state index is 11.8. The number of rotatable bonds is 5. The number of nitrogens with zero attached hydrogens (tertiary/aromatic N) is 2. The monoisotopic (exact) mass is 256 g/mol. The van der Waals surface area contributed by atoms with Crippen LogP contribution in [0, 0.1) is 11.8 Å². The van der Waals surface area contributed by atoms with E-state index in [-0.39, 0.29) is 5.91 Å². The Kier molecular flexibility index (Phi) is 5.59. The summed E-state index contributed by atoms with van der Waals surface area (Å²) in [7, 11) is 3.81. The van der Waals surface area contributed by atoms with Crippen LogP contribution in [0.2, 0.25) is 0 Å². The normalized spacial score (nSPS) is 22.5. The third kappa shape index (κ3) is 4.29. The summed E-state index contributed by atoms with van der Waals surface area (Å²) >= 11 is 0. The standard InChI is InChI=1S/C13H24N2O3/c1-10(13(17)18)12(16)15(3)8-6-11-5-4-7-14(2)9-11/h10-11H,4-9H2,1-3H3,(H,17,18). The van der Waals surface area contributed by atoms with Gasteiger partial charge in [-0.15, -0.1) is 0 Å². The number of carbonyl (C=O) groups excluding carboxylic acids is 1. The zero-order valence-corrected chi connectivity index (χ0v) is 11.6. The van der Waals surface area contributed by atoms with Crippen LogP contribution >= 0.6 is 0 Å². The number of hydrogen-bond acceptors (Lipinski definition) is 3. The van der Waals surface area contributed by atoms with E-state index in [9.17, 15) is 9.59 Å². The van der Waals surface area contributed by atoms with E-state index in [1.165, 1.54) is 19.8 Å². The Balaban J connectivity index is 2.34. The maximum absolute atomic E-state index is 11.8. The molecule has 1 fully saturated rings. The van der Waals surface area contributed by atoms with Gasteiger partial charge in [-0.3, -0.25) is 9.59 Å². The van der Waals surface area contributed by atoms with Crippen molar-refractivity contribution in [3.63, 3.8) is 0 Å². The van der Waals surface area contributed by atoms with Crippen molar-refractivity contribution in [3.05, 3.63) is 0 Å². The lowest BCUT2D eigenvalue weighted by atomic mass is 9.95. The van der Waals surface area contributed by atoms with E-state index in [2.05, 4.69) is 11.9 Å². The summed E-state index contributed by atoms with van der Waals surface area (Å²) in [5.41, 5.74) is 0. The molecule has 0 saturated carbocycles. The Morgan fingerprint density at radius 3 is 2.72 bits per heavy atom. The third-order valence-corrected chi connectivity index (χ3v) is 3.71. The molecular weight excluding hydrogens is 232 g/mol. The van der Waals surface area contributed by atoms with Gasteiger partial charge in [0.2, 0.25) is 5.91 Å². The Hall–Kier alpha value is -1.10. The fourth-order valence-electron chi connectivity index (χ4n) is 2.43. The van der Waals surface area contributed by atoms with Gasteiger partial charge < -0.3 is 14.9 Å². The van der Waals surface area contributed by atoms with Crippen LogP contribution in [0.1, 0.15) is 26.2 Å². The van der Waals surface area contributed by atoms with E-state index in [1.54, 1.807) is 11.9 Å². The number of likely N-dealkylation sites (tertiary alicyclic amines) is 1. The third-order valence-electron chi connectivity index (χ3n) is 3.71. The summed E-state index contributed by atoms with van der Waals surface area (Å²) in [5, 5.41) is 8.80. The van der Waals surface area contributed by atoms with Gasteiger partial charge in [0.25, 0.3) is 0 Å². The van der Waals surface area contributed by atoms with Crippen molar-refractivity contribution in [3.8, 4) is 0 Å². The summed E-state index contributed by atoms with van der Waals surface area (Å²) in [6.07, 6.45) is 3.38. The second kappa shape index (κ2) is 6.73. The number of amides is 1. The van der Waals surface area contributed by atoms with E-state index >= 15 is 0 Å². The Morgan fingerprint density at radius 2 is 2.17 bits per heavy atom. The van der Waals surface area contributed by atoms with Crippen LogP contribution in [-0.2, 0) is 9.59 Å². The van der Waals surface area contributed by atoms with Gasteiger partial charge in [-0.05, 0) is 45.7 Å². The number of carboxylic acid groups (broad SMARTS) is 1. The molecule has 0 aromatic carbocycles. The lowest BCUT2D eigenvalue weighted by Crippen LogP contribution is -2.38. The molecule has 0 aromatic rings. The molecule has 2 unspecified atom stereocenters. The molecule has 1 aliphatic rings. The first-order valence-electron chi connectivity index (χ1n) is 6.58. The first-order chi connectivity index (χ1) is 8.41. The summed E-state index contributed by atoms with van der Waals surface area (Å²) < 4.78 is 0. The largest absolute Gasteiger partial charge is 0.481 e. The molecule has 5 nitrogen and oxygen atoms in total. The minimum Gasteiger partial charge on any atom is -0.481 e. The molecule has 1 N–H and O–H groups in total. The topological polar surface area (TPSA) is 60.9 Å². The fourth-order valence-corrected chi connectivity index (χ4v) is 2.43. The molecule has 104 valence electrons. The van der Waals surface area contributed by atoms with Crippen LogP contribution in [0.5, 0.6) is 0 Å². The Labute approximate surface area is 109 Å². The van der Waals surface area contributed by atoms with Crippen LogP contribution in [-0.4, -0.2) is 60.5 Å². The molecule has 1 saturated heterocycles. The van der Waals surface area contributed by atoms with Gasteiger partial charge in [-0.25, -0.2) is 0 Å². The van der Waals surface area contributed by atoms with Crippen LogP contribution in [0.15, 0.2) is 0 Å². The molecule has 1 rings (SSSR count). The molecule has 0 spiro atoms. The molecule has 1 aliphatic heterocycles. The van der Waals surface area contributed by atoms with Crippen molar-refractivity contribution in [2.45, 2.75) is 26.2 Å². The lowest BCUT2D eigenvalue weighted by Gasteiger charge is -2.31. The van der Waals surface area contributed by atoms with Gasteiger partial charge in [0, 0.05) is 20.1 Å². The number of piperidine rings is 1. The van der Waals surface area contributed by atoms with Gasteiger partial charge in [0.1, 0.15) is 5.92 Å². The molecule has 2 atom stereocenters. The summed E-state index contributed by atoms with van der Waals surface area (Å²) in [4.78, 5) is 26.4. The van der Waals surface area contributed by atoms with Crippen molar-refractivity contribution in [2.75, 3.05) is 33.7 Å². The molecule has 5 heteroatoms. The van der Waals surface area contributed by atoms with E-state index in [4.69, 9.17) is 5.11 Å². The van der Waals surface area contributed by atoms with E-state index in [0.717, 1.165) is 19.5 Å². The zero-order chi connectivity index (χ0) is 13.7. The number of carbonyl (C=O) groups is 2. The summed E-state index contributed by atoms with van der Waals surface area (Å²) in [5.74, 6) is -1.67. The lowest BCUT2D eigenvalue weighted by molar-refractivity contribution is -0.149. The van der Waals surface area contributed by atoms with E-state index in [1.807, 2.05) is 0 Å². The van der Waals surface area contributed by atoms with Crippen molar-refractivity contribution in [1.29, 1.82) is 0 Å². The first-order valence-corrected chi connectivity index (χ1v) is 6.58. The summed E-state index contributed by atoms with van der Waals surface area (Å²) in [6, 6.07) is 0. The SMILES string of the molecule is CC(C(=O)O)C(=O)N(C)CCC1CCCN(C)C1. The quantitative estimate of drug-likeness (QED) is 0.742. The molecule has 0 bridgehead atoms. The molecule has 0 aromatic heterocycles. The fraction of sp³-hybridized carbons (Fsp3) is 0.846. The number of carboxylic acids is 1. The van der Waals surface area contributed by atoms with Crippen molar-refractivity contribution in [1.82, 2.24) is 9.80 Å². The number of hydrogen-bond donors (Lipinski definition) is 1. The maximum Gasteiger partial charge on any atom is 0.315 e. The van der Waals surface area contributed by atoms with Crippen LogP contribution in [0.3, 0.4) is 0 Å². The van der Waals surface area contributed by atoms with Crippen LogP contribution in [0.25, 0.3) is 0 Å². The van der Waals surface area contributed by atoms with Gasteiger partial charge in [0.15, 0.2) is 0 Å². The Morgan fingerprint density at radius 1 is 1.50 bits per heavy atom. The molecule has 1 amide bonds. The first kappa shape index (κ1) is 15.0. The van der Waals surface area contributed by atoms with Gasteiger partial charge in [0.05, 0.1) is 0 Å². The van der Waals surface area contributed by atoms with Gasteiger partial charge in [-0.1, -0.05) is 0 Å².